The molecule has 0 saturated carbocycles. The molecule has 4 heteroatoms. The van der Waals surface area contributed by atoms with Gasteiger partial charge in [-0.2, -0.15) is 0 Å². The average molecular weight is 315 g/mol. The van der Waals surface area contributed by atoms with E-state index in [1.165, 1.54) is 0 Å². The van der Waals surface area contributed by atoms with Crippen LogP contribution in [0.25, 0.3) is 0 Å². The van der Waals surface area contributed by atoms with E-state index >= 15 is 0 Å². The van der Waals surface area contributed by atoms with Crippen molar-refractivity contribution < 1.29 is 4.79 Å². The van der Waals surface area contributed by atoms with Gasteiger partial charge in [-0.3, -0.25) is 9.69 Å². The Kier molecular flexibility index (Phi) is 4.76. The molecular formula is C18H19ClN2O. The smallest absolute Gasteiger partial charge is 0.246 e. The number of rotatable bonds is 4. The number of carbonyl (C=O) groups excluding carboxylic acids is 1. The predicted octanol–water partition coefficient (Wildman–Crippen LogP) is 4.12. The van der Waals surface area contributed by atoms with Crippen molar-refractivity contribution in [1.29, 1.82) is 0 Å². The number of halogens is 1. The van der Waals surface area contributed by atoms with Gasteiger partial charge in [0.05, 0.1) is 0 Å². The third-order valence-electron chi connectivity index (χ3n) is 3.98. The van der Waals surface area contributed by atoms with Crippen LogP contribution in [0.4, 0.5) is 5.69 Å². The molecule has 0 aromatic heterocycles. The summed E-state index contributed by atoms with van der Waals surface area (Å²) < 4.78 is 0. The second-order valence-electron chi connectivity index (χ2n) is 5.55. The van der Waals surface area contributed by atoms with E-state index in [9.17, 15) is 4.79 Å². The van der Waals surface area contributed by atoms with Crippen molar-refractivity contribution >= 4 is 23.2 Å². The second kappa shape index (κ2) is 6.95. The van der Waals surface area contributed by atoms with Crippen molar-refractivity contribution in [3.8, 4) is 0 Å². The van der Waals surface area contributed by atoms with Gasteiger partial charge in [0.25, 0.3) is 0 Å². The van der Waals surface area contributed by atoms with Crippen molar-refractivity contribution in [3.05, 3.63) is 65.2 Å². The van der Waals surface area contributed by atoms with Gasteiger partial charge >= 0.3 is 0 Å². The molecule has 1 fully saturated rings. The third-order valence-corrected chi connectivity index (χ3v) is 4.23. The first-order chi connectivity index (χ1) is 10.7. The quantitative estimate of drug-likeness (QED) is 0.921. The van der Waals surface area contributed by atoms with Crippen molar-refractivity contribution in [3.63, 3.8) is 0 Å². The first kappa shape index (κ1) is 15.1. The van der Waals surface area contributed by atoms with E-state index < -0.39 is 0 Å². The van der Waals surface area contributed by atoms with Crippen molar-refractivity contribution in [2.75, 3.05) is 18.4 Å². The fourth-order valence-electron chi connectivity index (χ4n) is 2.91. The highest BCUT2D eigenvalue weighted by atomic mass is 35.5. The van der Waals surface area contributed by atoms with E-state index in [0.29, 0.717) is 5.02 Å². The van der Waals surface area contributed by atoms with E-state index in [1.807, 2.05) is 42.5 Å². The minimum Gasteiger partial charge on any atom is -0.324 e. The summed E-state index contributed by atoms with van der Waals surface area (Å²) in [6.07, 6.45) is 2.30. The number of hydrogen-bond acceptors (Lipinski definition) is 2. The number of nitrogens with zero attached hydrogens (tertiary/aromatic N) is 1. The molecule has 1 aliphatic heterocycles. The summed E-state index contributed by atoms with van der Waals surface area (Å²) in [6.45, 7) is 1.93. The van der Waals surface area contributed by atoms with Crippen LogP contribution in [0.3, 0.4) is 0 Å². The van der Waals surface area contributed by atoms with Gasteiger partial charge in [0.2, 0.25) is 5.91 Å². The van der Waals surface area contributed by atoms with Gasteiger partial charge in [-0.25, -0.2) is 0 Å². The fourth-order valence-corrected chi connectivity index (χ4v) is 3.03. The molecule has 3 rings (SSSR count). The standard InChI is InChI=1S/C18H19ClN2O/c19-15-8-10-16(11-9-15)20-18(22)17(21-12-4-5-13-21)14-6-2-1-3-7-14/h1-3,6-11,17H,4-5,12-13H2,(H,20,22). The molecule has 1 N–H and O–H groups in total. The van der Waals surface area contributed by atoms with Crippen molar-refractivity contribution in [1.82, 2.24) is 4.90 Å². The number of carbonyl (C=O) groups is 1. The Balaban J connectivity index is 1.82. The molecule has 2 aromatic carbocycles. The Morgan fingerprint density at radius 3 is 2.27 bits per heavy atom. The Morgan fingerprint density at radius 1 is 1.00 bits per heavy atom. The Morgan fingerprint density at radius 2 is 1.64 bits per heavy atom. The lowest BCUT2D eigenvalue weighted by Gasteiger charge is -2.27. The summed E-state index contributed by atoms with van der Waals surface area (Å²) in [4.78, 5) is 15.0. The molecule has 1 unspecified atom stereocenters. The minimum absolute atomic E-state index is 0.00965. The fraction of sp³-hybridized carbons (Fsp3) is 0.278. The average Bonchev–Trinajstić information content (AvgIpc) is 3.05. The normalized spacial score (nSPS) is 16.4. The molecule has 0 bridgehead atoms. The molecule has 0 aliphatic carbocycles. The van der Waals surface area contributed by atoms with E-state index in [4.69, 9.17) is 11.6 Å². The zero-order valence-electron chi connectivity index (χ0n) is 12.3. The van der Waals surface area contributed by atoms with Crippen LogP contribution in [0.2, 0.25) is 5.02 Å². The van der Waals surface area contributed by atoms with Gasteiger partial charge in [0.1, 0.15) is 6.04 Å². The van der Waals surface area contributed by atoms with Crippen LogP contribution in [0.15, 0.2) is 54.6 Å². The Labute approximate surface area is 135 Å². The van der Waals surface area contributed by atoms with Gasteiger partial charge in [-0.05, 0) is 55.8 Å². The van der Waals surface area contributed by atoms with E-state index in [-0.39, 0.29) is 11.9 Å². The minimum atomic E-state index is -0.237. The Hall–Kier alpha value is -1.84. The van der Waals surface area contributed by atoms with Gasteiger partial charge in [-0.1, -0.05) is 41.9 Å². The number of hydrogen-bond donors (Lipinski definition) is 1. The van der Waals surface area contributed by atoms with Crippen LogP contribution in [0.5, 0.6) is 0 Å². The van der Waals surface area contributed by atoms with Crippen molar-refractivity contribution in [2.45, 2.75) is 18.9 Å². The van der Waals surface area contributed by atoms with Crippen molar-refractivity contribution in [2.24, 2.45) is 0 Å². The predicted molar refractivity (Wildman–Crippen MR) is 90.1 cm³/mol. The molecule has 22 heavy (non-hydrogen) atoms. The van der Waals surface area contributed by atoms with E-state index in [1.54, 1.807) is 12.1 Å². The lowest BCUT2D eigenvalue weighted by molar-refractivity contribution is -0.121. The van der Waals surface area contributed by atoms with E-state index in [2.05, 4.69) is 10.2 Å². The summed E-state index contributed by atoms with van der Waals surface area (Å²) in [5.74, 6) is 0.00965. The first-order valence-corrected chi connectivity index (χ1v) is 7.97. The van der Waals surface area contributed by atoms with Crippen LogP contribution in [-0.2, 0) is 4.79 Å². The number of amides is 1. The number of nitrogens with one attached hydrogen (secondary N) is 1. The maximum Gasteiger partial charge on any atom is 0.246 e. The number of anilines is 1. The zero-order valence-corrected chi connectivity index (χ0v) is 13.1. The molecule has 2 aromatic rings. The second-order valence-corrected chi connectivity index (χ2v) is 5.99. The maximum atomic E-state index is 12.8. The topological polar surface area (TPSA) is 32.3 Å². The molecule has 1 saturated heterocycles. The SMILES string of the molecule is O=C(Nc1ccc(Cl)cc1)C(c1ccccc1)N1CCCC1. The van der Waals surface area contributed by atoms with Gasteiger partial charge < -0.3 is 5.32 Å². The molecule has 114 valence electrons. The molecule has 3 nitrogen and oxygen atoms in total. The monoisotopic (exact) mass is 314 g/mol. The largest absolute Gasteiger partial charge is 0.324 e. The summed E-state index contributed by atoms with van der Waals surface area (Å²) in [5.41, 5.74) is 1.81. The maximum absolute atomic E-state index is 12.8. The highest BCUT2D eigenvalue weighted by molar-refractivity contribution is 6.30. The molecule has 1 atom stereocenters. The Bertz CT molecular complexity index is 621. The van der Waals surface area contributed by atoms with Crippen LogP contribution >= 0.6 is 11.6 Å². The molecule has 0 spiro atoms. The first-order valence-electron chi connectivity index (χ1n) is 7.59. The van der Waals surface area contributed by atoms with Crippen LogP contribution in [-0.4, -0.2) is 23.9 Å². The van der Waals surface area contributed by atoms with Gasteiger partial charge in [-0.15, -0.1) is 0 Å². The van der Waals surface area contributed by atoms with Crippen LogP contribution < -0.4 is 5.32 Å². The van der Waals surface area contributed by atoms with Crippen LogP contribution in [0.1, 0.15) is 24.4 Å². The molecule has 1 amide bonds. The van der Waals surface area contributed by atoms with E-state index in [0.717, 1.165) is 37.2 Å². The molecule has 1 aliphatic rings. The number of benzene rings is 2. The highest BCUT2D eigenvalue weighted by Gasteiger charge is 2.29. The number of likely N-dealkylation sites (tertiary alicyclic amines) is 1. The van der Waals surface area contributed by atoms with Gasteiger partial charge in [0, 0.05) is 10.7 Å². The molecule has 1 heterocycles. The molecular weight excluding hydrogens is 296 g/mol. The third kappa shape index (κ3) is 3.49. The highest BCUT2D eigenvalue weighted by Crippen LogP contribution is 2.26. The summed E-state index contributed by atoms with van der Waals surface area (Å²) in [7, 11) is 0. The summed E-state index contributed by atoms with van der Waals surface area (Å²) in [5, 5.41) is 3.67. The lowest BCUT2D eigenvalue weighted by Crippen LogP contribution is -2.35. The zero-order chi connectivity index (χ0) is 15.4. The summed E-state index contributed by atoms with van der Waals surface area (Å²) in [6, 6.07) is 16.9. The van der Waals surface area contributed by atoms with Crippen LogP contribution in [0, 0.1) is 0 Å². The summed E-state index contributed by atoms with van der Waals surface area (Å²) >= 11 is 5.89. The van der Waals surface area contributed by atoms with Gasteiger partial charge in [0.15, 0.2) is 0 Å². The molecule has 0 radical (unpaired) electrons. The lowest BCUT2D eigenvalue weighted by atomic mass is 10.0.